The van der Waals surface area contributed by atoms with Crippen molar-refractivity contribution in [1.82, 2.24) is 4.57 Å². The number of hydrogen-bond donors (Lipinski definition) is 0. The second-order valence-electron chi connectivity index (χ2n) is 6.80. The fourth-order valence-electron chi connectivity index (χ4n) is 3.52. The second-order valence-corrected chi connectivity index (χ2v) is 8.81. The molecule has 4 rings (SSSR count). The van der Waals surface area contributed by atoms with Crippen molar-refractivity contribution in [1.29, 1.82) is 0 Å². The Morgan fingerprint density at radius 1 is 0.857 bits per heavy atom. The number of rotatable bonds is 3. The van der Waals surface area contributed by atoms with Gasteiger partial charge in [-0.25, -0.2) is 8.42 Å². The van der Waals surface area contributed by atoms with Crippen molar-refractivity contribution in [2.24, 2.45) is 0 Å². The average molecular weight is 389 g/mol. The summed E-state index contributed by atoms with van der Waals surface area (Å²) in [6, 6.07) is 23.7. The normalized spacial score (nSPS) is 11.6. The molecule has 0 radical (unpaired) electrons. The molecular formula is C23H19NO3S. The monoisotopic (exact) mass is 389 g/mol. The minimum atomic E-state index is -3.35. The number of carbonyl (C=O) groups is 1. The molecule has 28 heavy (non-hydrogen) atoms. The molecule has 0 atom stereocenters. The van der Waals surface area contributed by atoms with Gasteiger partial charge in [0.2, 0.25) is 0 Å². The van der Waals surface area contributed by atoms with E-state index in [1.54, 1.807) is 34.9 Å². The SMILES string of the molecule is Cc1c(-c2ccccc2)n(C(=O)c2ccccc2)c2ccc(S(C)(=O)=O)cc12. The molecule has 0 amide bonds. The third-order valence-corrected chi connectivity index (χ3v) is 6.00. The Labute approximate surface area is 164 Å². The zero-order valence-corrected chi connectivity index (χ0v) is 16.4. The molecule has 140 valence electrons. The lowest BCUT2D eigenvalue weighted by Gasteiger charge is -2.11. The molecule has 0 saturated carbocycles. The lowest BCUT2D eigenvalue weighted by Crippen LogP contribution is -2.13. The van der Waals surface area contributed by atoms with Gasteiger partial charge in [0.05, 0.1) is 16.1 Å². The van der Waals surface area contributed by atoms with Crippen molar-refractivity contribution in [2.45, 2.75) is 11.8 Å². The van der Waals surface area contributed by atoms with Gasteiger partial charge in [-0.2, -0.15) is 0 Å². The predicted octanol–water partition coefficient (Wildman–Crippen LogP) is 4.71. The first kappa shape index (κ1) is 18.2. The summed E-state index contributed by atoms with van der Waals surface area (Å²) >= 11 is 0. The highest BCUT2D eigenvalue weighted by atomic mass is 32.2. The second kappa shape index (κ2) is 6.77. The summed E-state index contributed by atoms with van der Waals surface area (Å²) in [6.07, 6.45) is 1.19. The molecule has 0 spiro atoms. The minimum absolute atomic E-state index is 0.148. The highest BCUT2D eigenvalue weighted by Crippen LogP contribution is 2.35. The fraction of sp³-hybridized carbons (Fsp3) is 0.0870. The number of hydrogen-bond acceptors (Lipinski definition) is 3. The third kappa shape index (κ3) is 3.04. The molecule has 0 N–H and O–H groups in total. The Morgan fingerprint density at radius 2 is 1.46 bits per heavy atom. The Morgan fingerprint density at radius 3 is 2.07 bits per heavy atom. The van der Waals surface area contributed by atoms with Crippen molar-refractivity contribution >= 4 is 26.6 Å². The van der Waals surface area contributed by atoms with E-state index in [1.807, 2.05) is 55.5 Å². The predicted molar refractivity (Wildman–Crippen MR) is 111 cm³/mol. The quantitative estimate of drug-likeness (QED) is 0.510. The van der Waals surface area contributed by atoms with Gasteiger partial charge in [-0.05, 0) is 48.4 Å². The lowest BCUT2D eigenvalue weighted by atomic mass is 10.1. The van der Waals surface area contributed by atoms with Gasteiger partial charge in [0.1, 0.15) is 0 Å². The number of carbonyl (C=O) groups excluding carboxylic acids is 1. The van der Waals surface area contributed by atoms with E-state index in [1.165, 1.54) is 6.26 Å². The Bertz CT molecular complexity index is 1290. The van der Waals surface area contributed by atoms with Crippen LogP contribution >= 0.6 is 0 Å². The van der Waals surface area contributed by atoms with Gasteiger partial charge < -0.3 is 0 Å². The molecule has 0 aliphatic heterocycles. The van der Waals surface area contributed by atoms with Crippen LogP contribution in [0.3, 0.4) is 0 Å². The third-order valence-electron chi connectivity index (χ3n) is 4.89. The van der Waals surface area contributed by atoms with Gasteiger partial charge in [-0.1, -0.05) is 48.5 Å². The van der Waals surface area contributed by atoms with E-state index in [0.717, 1.165) is 22.2 Å². The molecule has 0 bridgehead atoms. The van der Waals surface area contributed by atoms with Gasteiger partial charge in [0, 0.05) is 17.2 Å². The molecule has 0 fully saturated rings. The van der Waals surface area contributed by atoms with Crippen molar-refractivity contribution in [3.63, 3.8) is 0 Å². The Balaban J connectivity index is 2.08. The Kier molecular flexibility index (Phi) is 4.40. The van der Waals surface area contributed by atoms with E-state index < -0.39 is 9.84 Å². The average Bonchev–Trinajstić information content (AvgIpc) is 3.00. The first-order chi connectivity index (χ1) is 13.4. The molecule has 4 aromatic rings. The van der Waals surface area contributed by atoms with E-state index in [4.69, 9.17) is 0 Å². The Hall–Kier alpha value is -3.18. The zero-order chi connectivity index (χ0) is 19.9. The molecule has 3 aromatic carbocycles. The highest BCUT2D eigenvalue weighted by Gasteiger charge is 2.22. The van der Waals surface area contributed by atoms with Gasteiger partial charge >= 0.3 is 0 Å². The van der Waals surface area contributed by atoms with Crippen LogP contribution in [0, 0.1) is 6.92 Å². The molecule has 0 aliphatic carbocycles. The summed E-state index contributed by atoms with van der Waals surface area (Å²) < 4.78 is 25.7. The molecule has 1 heterocycles. The summed E-state index contributed by atoms with van der Waals surface area (Å²) in [5.74, 6) is -0.148. The van der Waals surface area contributed by atoms with E-state index in [2.05, 4.69) is 0 Å². The molecule has 0 unspecified atom stereocenters. The number of aromatic nitrogens is 1. The van der Waals surface area contributed by atoms with E-state index >= 15 is 0 Å². The maximum absolute atomic E-state index is 13.4. The van der Waals surface area contributed by atoms with Crippen LogP contribution < -0.4 is 0 Å². The largest absolute Gasteiger partial charge is 0.275 e. The molecular weight excluding hydrogens is 370 g/mol. The first-order valence-corrected chi connectivity index (χ1v) is 10.8. The number of sulfone groups is 1. The lowest BCUT2D eigenvalue weighted by molar-refractivity contribution is 0.0966. The molecule has 5 heteroatoms. The summed E-state index contributed by atoms with van der Waals surface area (Å²) in [5.41, 5.74) is 3.81. The van der Waals surface area contributed by atoms with Crippen LogP contribution in [0.4, 0.5) is 0 Å². The van der Waals surface area contributed by atoms with Crippen molar-refractivity contribution in [2.75, 3.05) is 6.26 Å². The molecule has 1 aromatic heterocycles. The summed E-state index contributed by atoms with van der Waals surface area (Å²) in [4.78, 5) is 13.6. The first-order valence-electron chi connectivity index (χ1n) is 8.88. The van der Waals surface area contributed by atoms with E-state index in [9.17, 15) is 13.2 Å². The van der Waals surface area contributed by atoms with E-state index in [0.29, 0.717) is 11.1 Å². The molecule has 4 nitrogen and oxygen atoms in total. The number of fused-ring (bicyclic) bond motifs is 1. The fourth-order valence-corrected chi connectivity index (χ4v) is 4.17. The maximum atomic E-state index is 13.4. The van der Waals surface area contributed by atoms with Crippen molar-refractivity contribution in [3.8, 4) is 11.3 Å². The van der Waals surface area contributed by atoms with Crippen LogP contribution in [0.15, 0.2) is 83.8 Å². The topological polar surface area (TPSA) is 56.1 Å². The molecule has 0 saturated heterocycles. The van der Waals surface area contributed by atoms with Crippen LogP contribution in [0.25, 0.3) is 22.2 Å². The molecule has 0 aliphatic rings. The number of aryl methyl sites for hydroxylation is 1. The minimum Gasteiger partial charge on any atom is -0.275 e. The van der Waals surface area contributed by atoms with Gasteiger partial charge in [0.25, 0.3) is 5.91 Å². The van der Waals surface area contributed by atoms with Crippen LogP contribution in [0.2, 0.25) is 0 Å². The van der Waals surface area contributed by atoms with Crippen LogP contribution in [-0.2, 0) is 9.84 Å². The van der Waals surface area contributed by atoms with Crippen LogP contribution in [-0.4, -0.2) is 25.1 Å². The number of nitrogens with zero attached hydrogens (tertiary/aromatic N) is 1. The summed E-state index contributed by atoms with van der Waals surface area (Å²) in [7, 11) is -3.35. The van der Waals surface area contributed by atoms with Gasteiger partial charge in [0.15, 0.2) is 9.84 Å². The zero-order valence-electron chi connectivity index (χ0n) is 15.6. The summed E-state index contributed by atoms with van der Waals surface area (Å²) in [6.45, 7) is 1.92. The van der Waals surface area contributed by atoms with Crippen molar-refractivity contribution < 1.29 is 13.2 Å². The highest BCUT2D eigenvalue weighted by molar-refractivity contribution is 7.90. The van der Waals surface area contributed by atoms with Crippen LogP contribution in [0.5, 0.6) is 0 Å². The van der Waals surface area contributed by atoms with E-state index in [-0.39, 0.29) is 10.8 Å². The van der Waals surface area contributed by atoms with Crippen molar-refractivity contribution in [3.05, 3.63) is 90.0 Å². The standard InChI is InChI=1S/C23H19NO3S/c1-16-20-15-19(28(2,26)27)13-14-21(20)24(22(16)17-9-5-3-6-10-17)23(25)18-11-7-4-8-12-18/h3-15H,1-2H3. The smallest absolute Gasteiger partial charge is 0.262 e. The summed E-state index contributed by atoms with van der Waals surface area (Å²) in [5, 5.41) is 0.756. The number of benzene rings is 3. The maximum Gasteiger partial charge on any atom is 0.262 e. The van der Waals surface area contributed by atoms with Crippen LogP contribution in [0.1, 0.15) is 15.9 Å². The van der Waals surface area contributed by atoms with Gasteiger partial charge in [-0.15, -0.1) is 0 Å². The van der Waals surface area contributed by atoms with Gasteiger partial charge in [-0.3, -0.25) is 9.36 Å².